The van der Waals surface area contributed by atoms with E-state index < -0.39 is 0 Å². The molecule has 0 atom stereocenters. The first kappa shape index (κ1) is 12.8. The number of nitrogens with zero attached hydrogens (tertiary/aromatic N) is 1. The van der Waals surface area contributed by atoms with Gasteiger partial charge in [0.05, 0.1) is 15.9 Å². The summed E-state index contributed by atoms with van der Waals surface area (Å²) in [5, 5.41) is 3.29. The highest BCUT2D eigenvalue weighted by Gasteiger charge is 2.15. The van der Waals surface area contributed by atoms with E-state index in [0.29, 0.717) is 26.3 Å². The van der Waals surface area contributed by atoms with Crippen molar-refractivity contribution in [2.45, 2.75) is 0 Å². The van der Waals surface area contributed by atoms with Crippen LogP contribution in [-0.4, -0.2) is 16.6 Å². The fourth-order valence-corrected chi connectivity index (χ4v) is 3.01. The first-order chi connectivity index (χ1) is 8.13. The van der Waals surface area contributed by atoms with Gasteiger partial charge in [-0.25, -0.2) is 4.98 Å². The zero-order valence-electron chi connectivity index (χ0n) is 8.41. The molecular weight excluding hydrogens is 301 g/mol. The number of halogens is 3. The summed E-state index contributed by atoms with van der Waals surface area (Å²) in [5.74, 6) is -0.295. The van der Waals surface area contributed by atoms with Gasteiger partial charge in [-0.2, -0.15) is 0 Å². The van der Waals surface area contributed by atoms with Crippen LogP contribution in [-0.2, 0) is 0 Å². The Morgan fingerprint density at radius 3 is 2.53 bits per heavy atom. The largest absolute Gasteiger partial charge is 0.291 e. The molecule has 0 amide bonds. The Kier molecular flexibility index (Phi) is 4.05. The van der Waals surface area contributed by atoms with Gasteiger partial charge in [0, 0.05) is 10.9 Å². The number of thiazole rings is 1. The fraction of sp³-hybridized carbons (Fsp3) is 0.0909. The van der Waals surface area contributed by atoms with E-state index in [1.165, 1.54) is 11.3 Å². The zero-order chi connectivity index (χ0) is 12.4. The molecule has 0 spiro atoms. The second-order valence-electron chi connectivity index (χ2n) is 3.19. The molecule has 0 fully saturated rings. The molecule has 1 aromatic carbocycles. The Bertz CT molecular complexity index is 547. The van der Waals surface area contributed by atoms with Crippen molar-refractivity contribution >= 4 is 51.9 Å². The van der Waals surface area contributed by atoms with Crippen molar-refractivity contribution in [1.82, 2.24) is 4.98 Å². The van der Waals surface area contributed by atoms with Gasteiger partial charge in [0.25, 0.3) is 0 Å². The van der Waals surface area contributed by atoms with Crippen LogP contribution in [0.4, 0.5) is 0 Å². The Hall–Kier alpha value is -0.610. The number of carbonyl (C=O) groups excluding carboxylic acids is 1. The monoisotopic (exact) mass is 305 g/mol. The lowest BCUT2D eigenvalue weighted by Gasteiger charge is -2.02. The van der Waals surface area contributed by atoms with Crippen LogP contribution in [0.1, 0.15) is 10.5 Å². The van der Waals surface area contributed by atoms with Gasteiger partial charge in [0.15, 0.2) is 5.78 Å². The number of carbonyl (C=O) groups is 1. The normalized spacial score (nSPS) is 10.5. The van der Waals surface area contributed by atoms with Gasteiger partial charge >= 0.3 is 0 Å². The van der Waals surface area contributed by atoms with E-state index >= 15 is 0 Å². The Morgan fingerprint density at radius 1 is 1.29 bits per heavy atom. The van der Waals surface area contributed by atoms with E-state index in [2.05, 4.69) is 4.98 Å². The maximum absolute atomic E-state index is 11.4. The summed E-state index contributed by atoms with van der Waals surface area (Å²) in [6.07, 6.45) is 0. The van der Waals surface area contributed by atoms with Crippen molar-refractivity contribution in [3.05, 3.63) is 39.3 Å². The summed E-state index contributed by atoms with van der Waals surface area (Å²) in [6.45, 7) is 0. The maximum atomic E-state index is 11.4. The van der Waals surface area contributed by atoms with Crippen molar-refractivity contribution in [1.29, 1.82) is 0 Å². The third-order valence-electron chi connectivity index (χ3n) is 2.09. The molecule has 0 unspecified atom stereocenters. The van der Waals surface area contributed by atoms with E-state index in [-0.39, 0.29) is 11.7 Å². The summed E-state index contributed by atoms with van der Waals surface area (Å²) in [6, 6.07) is 5.22. The van der Waals surface area contributed by atoms with Gasteiger partial charge < -0.3 is 0 Å². The van der Waals surface area contributed by atoms with Gasteiger partial charge in [-0.05, 0) is 12.1 Å². The van der Waals surface area contributed by atoms with E-state index in [1.807, 2.05) is 0 Å². The molecule has 2 nitrogen and oxygen atoms in total. The van der Waals surface area contributed by atoms with E-state index in [0.717, 1.165) is 0 Å². The van der Waals surface area contributed by atoms with Gasteiger partial charge in [0.1, 0.15) is 10.7 Å². The van der Waals surface area contributed by atoms with Gasteiger partial charge in [-0.1, -0.05) is 29.3 Å². The summed E-state index contributed by atoms with van der Waals surface area (Å²) in [5.41, 5.74) is 0.991. The van der Waals surface area contributed by atoms with Gasteiger partial charge in [-0.15, -0.1) is 22.9 Å². The molecule has 88 valence electrons. The molecule has 0 N–H and O–H groups in total. The number of ketones is 1. The molecule has 0 aliphatic carbocycles. The smallest absolute Gasteiger partial charge is 0.196 e. The number of hydrogen-bond donors (Lipinski definition) is 0. The van der Waals surface area contributed by atoms with Crippen LogP contribution in [0.25, 0.3) is 10.6 Å². The molecule has 6 heteroatoms. The quantitative estimate of drug-likeness (QED) is 0.615. The second kappa shape index (κ2) is 5.36. The predicted octanol–water partition coefficient (Wildman–Crippen LogP) is 4.54. The molecule has 1 heterocycles. The minimum atomic E-state index is -0.211. The molecular formula is C11H6Cl3NOS. The summed E-state index contributed by atoms with van der Waals surface area (Å²) in [4.78, 5) is 15.6. The first-order valence-corrected chi connectivity index (χ1v) is 6.79. The third-order valence-corrected chi connectivity index (χ3v) is 3.82. The lowest BCUT2D eigenvalue weighted by Crippen LogP contribution is -2.00. The summed E-state index contributed by atoms with van der Waals surface area (Å²) >= 11 is 18.9. The molecule has 1 aromatic heterocycles. The van der Waals surface area contributed by atoms with Crippen molar-refractivity contribution in [3.8, 4) is 10.6 Å². The minimum absolute atomic E-state index is 0.0839. The molecule has 2 aromatic rings. The Morgan fingerprint density at radius 2 is 1.94 bits per heavy atom. The highest BCUT2D eigenvalue weighted by molar-refractivity contribution is 7.13. The van der Waals surface area contributed by atoms with Crippen molar-refractivity contribution in [2.24, 2.45) is 0 Å². The lowest BCUT2D eigenvalue weighted by atomic mass is 10.2. The van der Waals surface area contributed by atoms with Crippen LogP contribution in [0.3, 0.4) is 0 Å². The van der Waals surface area contributed by atoms with Crippen molar-refractivity contribution in [2.75, 3.05) is 5.88 Å². The third kappa shape index (κ3) is 2.63. The Balaban J connectivity index is 2.47. The average molecular weight is 307 g/mol. The van der Waals surface area contributed by atoms with E-state index in [9.17, 15) is 4.79 Å². The number of Topliss-reactive ketones (excluding diaryl/α,β-unsaturated/α-hetero) is 1. The summed E-state index contributed by atoms with van der Waals surface area (Å²) in [7, 11) is 0. The fourth-order valence-electron chi connectivity index (χ4n) is 1.29. The van der Waals surface area contributed by atoms with Crippen LogP contribution in [0.15, 0.2) is 23.6 Å². The Labute approximate surface area is 117 Å². The molecule has 2 rings (SSSR count). The second-order valence-corrected chi connectivity index (χ2v) is 5.13. The van der Waals surface area contributed by atoms with Crippen LogP contribution >= 0.6 is 46.1 Å². The molecule has 0 bridgehead atoms. The first-order valence-electron chi connectivity index (χ1n) is 4.62. The van der Waals surface area contributed by atoms with Crippen LogP contribution in [0.5, 0.6) is 0 Å². The van der Waals surface area contributed by atoms with Gasteiger partial charge in [-0.3, -0.25) is 4.79 Å². The number of aromatic nitrogens is 1. The molecule has 0 saturated carbocycles. The zero-order valence-corrected chi connectivity index (χ0v) is 11.5. The predicted molar refractivity (Wildman–Crippen MR) is 72.6 cm³/mol. The number of hydrogen-bond acceptors (Lipinski definition) is 3. The van der Waals surface area contributed by atoms with E-state index in [1.54, 1.807) is 23.6 Å². The summed E-state index contributed by atoms with van der Waals surface area (Å²) < 4.78 is 0. The van der Waals surface area contributed by atoms with Crippen LogP contribution < -0.4 is 0 Å². The van der Waals surface area contributed by atoms with Crippen molar-refractivity contribution < 1.29 is 4.79 Å². The highest BCUT2D eigenvalue weighted by atomic mass is 35.5. The molecule has 17 heavy (non-hydrogen) atoms. The average Bonchev–Trinajstić information content (AvgIpc) is 2.77. The molecule has 0 aliphatic heterocycles. The maximum Gasteiger partial charge on any atom is 0.196 e. The number of benzene rings is 1. The van der Waals surface area contributed by atoms with Crippen LogP contribution in [0, 0.1) is 0 Å². The topological polar surface area (TPSA) is 30.0 Å². The number of rotatable bonds is 3. The minimum Gasteiger partial charge on any atom is -0.291 e. The number of alkyl halides is 1. The lowest BCUT2D eigenvalue weighted by molar-refractivity contribution is 0.101. The molecule has 0 aliphatic rings. The van der Waals surface area contributed by atoms with Gasteiger partial charge in [0.2, 0.25) is 0 Å². The van der Waals surface area contributed by atoms with Crippen LogP contribution in [0.2, 0.25) is 10.0 Å². The van der Waals surface area contributed by atoms with E-state index in [4.69, 9.17) is 34.8 Å². The standard InChI is InChI=1S/C11H6Cl3NOS/c12-4-9(16)8-5-17-11(15-8)10-6(13)2-1-3-7(10)14/h1-3,5H,4H2. The molecule has 0 saturated heterocycles. The molecule has 0 radical (unpaired) electrons. The highest BCUT2D eigenvalue weighted by Crippen LogP contribution is 2.36. The SMILES string of the molecule is O=C(CCl)c1csc(-c2c(Cl)cccc2Cl)n1. The van der Waals surface area contributed by atoms with Crippen molar-refractivity contribution in [3.63, 3.8) is 0 Å².